The fourth-order valence-corrected chi connectivity index (χ4v) is 1.91. The zero-order chi connectivity index (χ0) is 17.4. The van der Waals surface area contributed by atoms with E-state index in [1.807, 2.05) is 0 Å². The number of nitrogens with zero attached hydrogens (tertiary/aromatic N) is 1. The Balaban J connectivity index is 2.38. The normalized spacial score (nSPS) is 23.8. The van der Waals surface area contributed by atoms with Crippen molar-refractivity contribution in [2.45, 2.75) is 26.3 Å². The largest absolute Gasteiger partial charge is 0.491 e. The van der Waals surface area contributed by atoms with Gasteiger partial charge in [-0.3, -0.25) is 4.79 Å². The fraction of sp³-hybridized carbons (Fsp3) is 0.438. The lowest BCUT2D eigenvalue weighted by Crippen LogP contribution is -2.31. The molecule has 1 heterocycles. The smallest absolute Gasteiger partial charge is 0.233 e. The molecule has 1 aliphatic rings. The van der Waals surface area contributed by atoms with Crippen LogP contribution in [-0.2, 0) is 4.79 Å². The molecule has 1 aliphatic heterocycles. The lowest BCUT2D eigenvalue weighted by Gasteiger charge is -2.17. The minimum atomic E-state index is -2.60. The first kappa shape index (κ1) is 10.8. The van der Waals surface area contributed by atoms with Crippen molar-refractivity contribution in [3.05, 3.63) is 23.8 Å². The number of benzene rings is 1. The Morgan fingerprint density at radius 3 is 3.05 bits per heavy atom. The van der Waals surface area contributed by atoms with Gasteiger partial charge in [0, 0.05) is 16.7 Å². The van der Waals surface area contributed by atoms with Gasteiger partial charge in [-0.15, -0.1) is 0 Å². The summed E-state index contributed by atoms with van der Waals surface area (Å²) in [5.41, 5.74) is -1.04. The molecule has 0 radical (unpaired) electrons. The number of hydrogen-bond acceptors (Lipinski definition) is 3. The number of ether oxygens (including phenoxy) is 1. The summed E-state index contributed by atoms with van der Waals surface area (Å²) < 4.78 is 27.4. The van der Waals surface area contributed by atoms with Gasteiger partial charge in [0.05, 0.1) is 18.2 Å². The highest BCUT2D eigenvalue weighted by Crippen LogP contribution is 2.32. The van der Waals surface area contributed by atoms with Crippen molar-refractivity contribution in [1.29, 1.82) is 0 Å². The lowest BCUT2D eigenvalue weighted by atomic mass is 10.1. The van der Waals surface area contributed by atoms with Crippen LogP contribution in [0.4, 0.5) is 5.69 Å². The number of fused-ring (bicyclic) bond motifs is 1. The summed E-state index contributed by atoms with van der Waals surface area (Å²) in [6, 6.07) is 4.99. The number of carbonyl (C=O) groups is 1. The molecule has 0 bridgehead atoms. The summed E-state index contributed by atoms with van der Waals surface area (Å²) in [5.74, 6) is 5.28. The van der Waals surface area contributed by atoms with Crippen LogP contribution in [0.3, 0.4) is 0 Å². The molecule has 2 rings (SSSR count). The maximum atomic E-state index is 12.2. The zero-order valence-corrected chi connectivity index (χ0v) is 11.7. The standard InChI is InChI=1S/C16H19NO3/c1-11-10-20-14-6-5-12(7-8-16(2,3)19)9-13(14)17(4)15(11)18/h5-6,9,11,19H,10H2,1-4H3/t11-/m0/s1/i2D3/t11-,16?. The molecule has 1 unspecified atom stereocenters. The van der Waals surface area contributed by atoms with Gasteiger partial charge in [-0.05, 0) is 32.0 Å². The van der Waals surface area contributed by atoms with E-state index in [9.17, 15) is 9.90 Å². The van der Waals surface area contributed by atoms with Crippen LogP contribution in [0, 0.1) is 17.8 Å². The molecular formula is C16H19NO3. The van der Waals surface area contributed by atoms with Crippen molar-refractivity contribution in [2.75, 3.05) is 18.6 Å². The van der Waals surface area contributed by atoms with E-state index in [1.165, 1.54) is 4.90 Å². The average Bonchev–Trinajstić information content (AvgIpc) is 2.57. The number of rotatable bonds is 0. The monoisotopic (exact) mass is 276 g/mol. The minimum Gasteiger partial charge on any atom is -0.491 e. The summed E-state index contributed by atoms with van der Waals surface area (Å²) in [6.07, 6.45) is 0. The van der Waals surface area contributed by atoms with E-state index in [1.54, 1.807) is 32.2 Å². The van der Waals surface area contributed by atoms with Gasteiger partial charge in [-0.2, -0.15) is 0 Å². The summed E-state index contributed by atoms with van der Waals surface area (Å²) >= 11 is 0. The Labute approximate surface area is 123 Å². The summed E-state index contributed by atoms with van der Waals surface area (Å²) in [7, 11) is 1.65. The van der Waals surface area contributed by atoms with Crippen LogP contribution < -0.4 is 9.64 Å². The first-order chi connectivity index (χ1) is 10.5. The molecule has 1 N–H and O–H groups in total. The summed E-state index contributed by atoms with van der Waals surface area (Å²) in [6.45, 7) is 0.641. The van der Waals surface area contributed by atoms with Gasteiger partial charge in [-0.25, -0.2) is 0 Å². The molecule has 1 aromatic carbocycles. The molecule has 0 fully saturated rings. The van der Waals surface area contributed by atoms with Crippen LogP contribution in [0.2, 0.25) is 0 Å². The number of hydrogen-bond donors (Lipinski definition) is 1. The van der Waals surface area contributed by atoms with Gasteiger partial charge >= 0.3 is 0 Å². The van der Waals surface area contributed by atoms with E-state index in [-0.39, 0.29) is 11.8 Å². The third kappa shape index (κ3) is 3.12. The van der Waals surface area contributed by atoms with Crippen molar-refractivity contribution in [2.24, 2.45) is 5.92 Å². The van der Waals surface area contributed by atoms with Crippen LogP contribution in [0.15, 0.2) is 18.2 Å². The van der Waals surface area contributed by atoms with Gasteiger partial charge in [0.25, 0.3) is 0 Å². The van der Waals surface area contributed by atoms with Crippen LogP contribution in [-0.4, -0.2) is 30.3 Å². The number of anilines is 1. The van der Waals surface area contributed by atoms with Crippen molar-refractivity contribution < 1.29 is 18.8 Å². The molecule has 0 aliphatic carbocycles. The molecule has 4 nitrogen and oxygen atoms in total. The Bertz CT molecular complexity index is 686. The van der Waals surface area contributed by atoms with E-state index in [0.717, 1.165) is 6.92 Å². The van der Waals surface area contributed by atoms with Crippen molar-refractivity contribution >= 4 is 11.6 Å². The predicted molar refractivity (Wildman–Crippen MR) is 77.7 cm³/mol. The van der Waals surface area contributed by atoms with Gasteiger partial charge < -0.3 is 14.7 Å². The second kappa shape index (κ2) is 5.18. The maximum Gasteiger partial charge on any atom is 0.233 e. The quantitative estimate of drug-likeness (QED) is 0.735. The Kier molecular flexibility index (Phi) is 2.79. The highest BCUT2D eigenvalue weighted by molar-refractivity contribution is 5.96. The molecule has 0 aromatic heterocycles. The van der Waals surface area contributed by atoms with Crippen LogP contribution in [0.1, 0.15) is 30.4 Å². The SMILES string of the molecule is [2H]C([2H])([2H])C(C)(O)C#Cc1ccc2c(c1)N(C)C(=O)[C@@H](C)CO2. The van der Waals surface area contributed by atoms with E-state index >= 15 is 0 Å². The second-order valence-corrected chi connectivity index (χ2v) is 5.11. The first-order valence-corrected chi connectivity index (χ1v) is 6.33. The van der Waals surface area contributed by atoms with Gasteiger partial charge in [0.2, 0.25) is 5.91 Å². The van der Waals surface area contributed by atoms with Crippen LogP contribution in [0.5, 0.6) is 5.75 Å². The Morgan fingerprint density at radius 2 is 2.35 bits per heavy atom. The van der Waals surface area contributed by atoms with E-state index in [4.69, 9.17) is 8.85 Å². The van der Waals surface area contributed by atoms with Gasteiger partial charge in [-0.1, -0.05) is 18.8 Å². The van der Waals surface area contributed by atoms with E-state index < -0.39 is 12.5 Å². The minimum absolute atomic E-state index is 0.0663. The highest BCUT2D eigenvalue weighted by atomic mass is 16.5. The van der Waals surface area contributed by atoms with E-state index in [2.05, 4.69) is 11.8 Å². The Morgan fingerprint density at radius 1 is 1.60 bits per heavy atom. The predicted octanol–water partition coefficient (Wildman–Crippen LogP) is 1.80. The topological polar surface area (TPSA) is 49.8 Å². The van der Waals surface area contributed by atoms with Crippen molar-refractivity contribution in [3.63, 3.8) is 0 Å². The molecule has 0 saturated heterocycles. The third-order valence-corrected chi connectivity index (χ3v) is 3.01. The highest BCUT2D eigenvalue weighted by Gasteiger charge is 2.25. The Hall–Kier alpha value is -1.99. The lowest BCUT2D eigenvalue weighted by molar-refractivity contribution is -0.122. The zero-order valence-electron chi connectivity index (χ0n) is 14.7. The first-order valence-electron chi connectivity index (χ1n) is 7.83. The molecule has 2 atom stereocenters. The van der Waals surface area contributed by atoms with Crippen molar-refractivity contribution in [3.8, 4) is 17.6 Å². The second-order valence-electron chi connectivity index (χ2n) is 5.11. The molecule has 0 spiro atoms. The molecule has 4 heteroatoms. The molecule has 1 aromatic rings. The number of carbonyl (C=O) groups excluding carboxylic acids is 1. The molecule has 0 saturated carbocycles. The van der Waals surface area contributed by atoms with Crippen molar-refractivity contribution in [1.82, 2.24) is 0 Å². The van der Waals surface area contributed by atoms with Gasteiger partial charge in [0.1, 0.15) is 11.4 Å². The van der Waals surface area contributed by atoms with Crippen LogP contribution in [0.25, 0.3) is 0 Å². The number of amides is 1. The van der Waals surface area contributed by atoms with Crippen LogP contribution >= 0.6 is 0 Å². The number of aliphatic hydroxyl groups is 1. The summed E-state index contributed by atoms with van der Waals surface area (Å²) in [5, 5.41) is 9.90. The average molecular weight is 276 g/mol. The maximum absolute atomic E-state index is 12.2. The molecule has 20 heavy (non-hydrogen) atoms. The molecular weight excluding hydrogens is 254 g/mol. The molecule has 106 valence electrons. The molecule has 1 amide bonds. The summed E-state index contributed by atoms with van der Waals surface area (Å²) in [4.78, 5) is 13.7. The third-order valence-electron chi connectivity index (χ3n) is 3.01. The van der Waals surface area contributed by atoms with E-state index in [0.29, 0.717) is 23.6 Å². The van der Waals surface area contributed by atoms with Gasteiger partial charge in [0.15, 0.2) is 0 Å². The fourth-order valence-electron chi connectivity index (χ4n) is 1.91.